The molecule has 8 nitrogen and oxygen atoms in total. The first-order chi connectivity index (χ1) is 14.3. The van der Waals surface area contributed by atoms with Crippen molar-refractivity contribution in [3.05, 3.63) is 42.9 Å². The van der Waals surface area contributed by atoms with E-state index in [2.05, 4.69) is 44.5 Å². The fourth-order valence-corrected chi connectivity index (χ4v) is 3.76. The monoisotopic (exact) mass is 393 g/mol. The van der Waals surface area contributed by atoms with E-state index >= 15 is 0 Å². The summed E-state index contributed by atoms with van der Waals surface area (Å²) in [5.74, 6) is 0.512. The Kier molecular flexibility index (Phi) is 4.87. The fraction of sp³-hybridized carbons (Fsp3) is 0.381. The van der Waals surface area contributed by atoms with E-state index in [4.69, 9.17) is 9.47 Å². The van der Waals surface area contributed by atoms with Crippen LogP contribution in [0, 0.1) is 5.92 Å². The van der Waals surface area contributed by atoms with Crippen LogP contribution < -0.4 is 10.2 Å². The maximum Gasteiger partial charge on any atom is 0.231 e. The number of nitrogens with zero attached hydrogens (tertiary/aromatic N) is 4. The number of morpholine rings is 1. The lowest BCUT2D eigenvalue weighted by Gasteiger charge is -2.28. The van der Waals surface area contributed by atoms with Gasteiger partial charge in [0.25, 0.3) is 0 Å². The van der Waals surface area contributed by atoms with Crippen molar-refractivity contribution in [2.45, 2.75) is 6.42 Å². The Hall–Kier alpha value is -2.97. The molecule has 0 aliphatic carbocycles. The van der Waals surface area contributed by atoms with Gasteiger partial charge in [-0.1, -0.05) is 12.1 Å². The molecule has 4 heterocycles. The minimum absolute atomic E-state index is 0.0301. The first-order valence-electron chi connectivity index (χ1n) is 9.93. The molecule has 1 N–H and O–H groups in total. The summed E-state index contributed by atoms with van der Waals surface area (Å²) < 4.78 is 12.6. The van der Waals surface area contributed by atoms with Crippen LogP contribution in [0.1, 0.15) is 6.42 Å². The largest absolute Gasteiger partial charge is 0.381 e. The van der Waals surface area contributed by atoms with Gasteiger partial charge in [-0.25, -0.2) is 4.98 Å². The number of anilines is 2. The second kappa shape index (κ2) is 7.81. The van der Waals surface area contributed by atoms with Gasteiger partial charge in [-0.2, -0.15) is 0 Å². The molecule has 29 heavy (non-hydrogen) atoms. The number of aromatic nitrogens is 3. The Morgan fingerprint density at radius 3 is 2.62 bits per heavy atom. The predicted molar refractivity (Wildman–Crippen MR) is 109 cm³/mol. The summed E-state index contributed by atoms with van der Waals surface area (Å²) >= 11 is 0. The number of hydrogen-bond acceptors (Lipinski definition) is 6. The van der Waals surface area contributed by atoms with Crippen molar-refractivity contribution in [2.24, 2.45) is 5.92 Å². The minimum Gasteiger partial charge on any atom is -0.381 e. The summed E-state index contributed by atoms with van der Waals surface area (Å²) in [6.45, 7) is 4.47. The summed E-state index contributed by atoms with van der Waals surface area (Å²) in [5, 5.41) is 2.97. The summed E-state index contributed by atoms with van der Waals surface area (Å²) in [5.41, 5.74) is 3.71. The van der Waals surface area contributed by atoms with Crippen molar-refractivity contribution >= 4 is 23.1 Å². The van der Waals surface area contributed by atoms with E-state index in [1.54, 1.807) is 12.4 Å². The Morgan fingerprint density at radius 1 is 1.03 bits per heavy atom. The summed E-state index contributed by atoms with van der Waals surface area (Å²) in [6, 6.07) is 8.38. The Bertz CT molecular complexity index is 1000. The number of nitrogens with one attached hydrogen (secondary N) is 1. The quantitative estimate of drug-likeness (QED) is 0.732. The van der Waals surface area contributed by atoms with Gasteiger partial charge in [0.1, 0.15) is 5.82 Å². The molecule has 8 heteroatoms. The molecule has 150 valence electrons. The molecule has 0 radical (unpaired) electrons. The Balaban J connectivity index is 1.38. The van der Waals surface area contributed by atoms with E-state index < -0.39 is 0 Å². The molecule has 1 amide bonds. The molecule has 1 unspecified atom stereocenters. The lowest BCUT2D eigenvalue weighted by molar-refractivity contribution is -0.119. The van der Waals surface area contributed by atoms with Crippen molar-refractivity contribution in [1.29, 1.82) is 0 Å². The molecule has 0 spiro atoms. The zero-order chi connectivity index (χ0) is 19.6. The van der Waals surface area contributed by atoms with E-state index in [0.29, 0.717) is 24.7 Å². The lowest BCUT2D eigenvalue weighted by atomic mass is 10.1. The van der Waals surface area contributed by atoms with Crippen LogP contribution in [0.15, 0.2) is 42.9 Å². The molecule has 2 saturated heterocycles. The molecule has 2 fully saturated rings. The third kappa shape index (κ3) is 3.68. The standard InChI is InChI=1S/C21H23N5O3/c27-21(16-5-8-29-14-16)24-20-12-23-19-11-22-18(13-26(19)20)15-1-3-17(4-2-15)25-6-9-28-10-7-25/h1-4,11-13,16H,5-10,14H2,(H,24,27). The third-order valence-electron chi connectivity index (χ3n) is 5.49. The number of carbonyl (C=O) groups is 1. The molecule has 5 rings (SSSR count). The molecule has 1 atom stereocenters. The highest BCUT2D eigenvalue weighted by atomic mass is 16.5. The van der Waals surface area contributed by atoms with Crippen LogP contribution in [0.5, 0.6) is 0 Å². The van der Waals surface area contributed by atoms with Gasteiger partial charge in [-0.05, 0) is 18.6 Å². The molecule has 0 bridgehead atoms. The number of ether oxygens (including phenoxy) is 2. The van der Waals surface area contributed by atoms with Gasteiger partial charge in [-0.3, -0.25) is 14.2 Å². The smallest absolute Gasteiger partial charge is 0.231 e. The average Bonchev–Trinajstić information content (AvgIpc) is 3.45. The number of imidazole rings is 1. The van der Waals surface area contributed by atoms with Crippen molar-refractivity contribution in [3.63, 3.8) is 0 Å². The minimum atomic E-state index is -0.102. The van der Waals surface area contributed by atoms with Crippen molar-refractivity contribution in [1.82, 2.24) is 14.4 Å². The number of fused-ring (bicyclic) bond motifs is 1. The molecule has 3 aromatic rings. The van der Waals surface area contributed by atoms with Crippen LogP contribution in [0.3, 0.4) is 0 Å². The van der Waals surface area contributed by atoms with E-state index in [1.807, 2.05) is 10.6 Å². The first-order valence-corrected chi connectivity index (χ1v) is 9.93. The van der Waals surface area contributed by atoms with Gasteiger partial charge < -0.3 is 19.7 Å². The lowest BCUT2D eigenvalue weighted by Crippen LogP contribution is -2.36. The van der Waals surface area contributed by atoms with Crippen LogP contribution in [0.4, 0.5) is 11.5 Å². The SMILES string of the molecule is O=C(Nc1cnc2cnc(-c3ccc(N4CCOCC4)cc3)cn12)C1CCOC1. The highest BCUT2D eigenvalue weighted by Gasteiger charge is 2.24. The third-order valence-corrected chi connectivity index (χ3v) is 5.49. The molecular weight excluding hydrogens is 370 g/mol. The average molecular weight is 393 g/mol. The normalized spacial score (nSPS) is 19.6. The maximum absolute atomic E-state index is 12.4. The molecule has 2 aromatic heterocycles. The summed E-state index contributed by atoms with van der Waals surface area (Å²) in [6.07, 6.45) is 6.05. The van der Waals surface area contributed by atoms with E-state index in [1.165, 1.54) is 5.69 Å². The highest BCUT2D eigenvalue weighted by molar-refractivity contribution is 5.92. The number of amides is 1. The van der Waals surface area contributed by atoms with Crippen LogP contribution in [0.25, 0.3) is 16.9 Å². The Morgan fingerprint density at radius 2 is 1.86 bits per heavy atom. The van der Waals surface area contributed by atoms with Gasteiger partial charge in [-0.15, -0.1) is 0 Å². The molecule has 2 aliphatic rings. The van der Waals surface area contributed by atoms with Crippen LogP contribution in [-0.2, 0) is 14.3 Å². The second-order valence-electron chi connectivity index (χ2n) is 7.34. The number of rotatable bonds is 4. The van der Waals surface area contributed by atoms with Gasteiger partial charge in [0.05, 0.1) is 43.8 Å². The fourth-order valence-electron chi connectivity index (χ4n) is 3.76. The highest BCUT2D eigenvalue weighted by Crippen LogP contribution is 2.24. The van der Waals surface area contributed by atoms with Crippen molar-refractivity contribution in [3.8, 4) is 11.3 Å². The summed E-state index contributed by atoms with van der Waals surface area (Å²) in [4.78, 5) is 23.6. The van der Waals surface area contributed by atoms with E-state index in [9.17, 15) is 4.79 Å². The molecule has 2 aliphatic heterocycles. The van der Waals surface area contributed by atoms with Gasteiger partial charge in [0.2, 0.25) is 5.91 Å². The number of hydrogen-bond donors (Lipinski definition) is 1. The number of carbonyl (C=O) groups excluding carboxylic acids is 1. The predicted octanol–water partition coefficient (Wildman–Crippen LogP) is 2.21. The van der Waals surface area contributed by atoms with Crippen LogP contribution >= 0.6 is 0 Å². The zero-order valence-electron chi connectivity index (χ0n) is 16.1. The first kappa shape index (κ1) is 18.1. The van der Waals surface area contributed by atoms with E-state index in [-0.39, 0.29) is 11.8 Å². The summed E-state index contributed by atoms with van der Waals surface area (Å²) in [7, 11) is 0. The zero-order valence-corrected chi connectivity index (χ0v) is 16.1. The number of benzene rings is 1. The van der Waals surface area contributed by atoms with Gasteiger partial charge in [0.15, 0.2) is 5.65 Å². The van der Waals surface area contributed by atoms with Gasteiger partial charge in [0, 0.05) is 37.1 Å². The Labute approximate surface area is 168 Å². The molecule has 0 saturated carbocycles. The van der Waals surface area contributed by atoms with Gasteiger partial charge >= 0.3 is 0 Å². The van der Waals surface area contributed by atoms with Crippen molar-refractivity contribution in [2.75, 3.05) is 49.7 Å². The van der Waals surface area contributed by atoms with E-state index in [0.717, 1.165) is 44.0 Å². The van der Waals surface area contributed by atoms with Crippen LogP contribution in [0.2, 0.25) is 0 Å². The van der Waals surface area contributed by atoms with Crippen molar-refractivity contribution < 1.29 is 14.3 Å². The maximum atomic E-state index is 12.4. The topological polar surface area (TPSA) is 81.0 Å². The second-order valence-corrected chi connectivity index (χ2v) is 7.34. The molecule has 1 aromatic carbocycles. The molecular formula is C21H23N5O3. The van der Waals surface area contributed by atoms with Crippen LogP contribution in [-0.4, -0.2) is 59.8 Å².